The maximum absolute atomic E-state index is 5.83. The predicted molar refractivity (Wildman–Crippen MR) is 83.3 cm³/mol. The van der Waals surface area contributed by atoms with E-state index >= 15 is 0 Å². The molecule has 0 aliphatic carbocycles. The summed E-state index contributed by atoms with van der Waals surface area (Å²) < 4.78 is 0. The van der Waals surface area contributed by atoms with Crippen LogP contribution in [0.25, 0.3) is 0 Å². The Kier molecular flexibility index (Phi) is 3.96. The summed E-state index contributed by atoms with van der Waals surface area (Å²) in [6.07, 6.45) is 3.56. The summed E-state index contributed by atoms with van der Waals surface area (Å²) >= 11 is 0. The molecule has 6 heteroatoms. The Morgan fingerprint density at radius 1 is 1.05 bits per heavy atom. The van der Waals surface area contributed by atoms with Gasteiger partial charge in [0.2, 0.25) is 5.95 Å². The van der Waals surface area contributed by atoms with Crippen molar-refractivity contribution < 1.29 is 0 Å². The largest absolute Gasteiger partial charge is 0.353 e. The van der Waals surface area contributed by atoms with Crippen LogP contribution in [0.4, 0.5) is 11.8 Å². The van der Waals surface area contributed by atoms with Gasteiger partial charge in [0.05, 0.1) is 0 Å². The van der Waals surface area contributed by atoms with Gasteiger partial charge in [-0.3, -0.25) is 0 Å². The van der Waals surface area contributed by atoms with Crippen molar-refractivity contribution in [1.29, 1.82) is 0 Å². The molecule has 0 atom stereocenters. The van der Waals surface area contributed by atoms with E-state index in [9.17, 15) is 0 Å². The van der Waals surface area contributed by atoms with Gasteiger partial charge in [-0.25, -0.2) is 15.0 Å². The molecule has 2 aromatic heterocycles. The summed E-state index contributed by atoms with van der Waals surface area (Å²) in [4.78, 5) is 17.8. The summed E-state index contributed by atoms with van der Waals surface area (Å²) in [5.74, 6) is 1.82. The summed E-state index contributed by atoms with van der Waals surface area (Å²) in [6.45, 7) is 6.12. The number of aryl methyl sites for hydroxylation is 1. The van der Waals surface area contributed by atoms with E-state index in [4.69, 9.17) is 5.73 Å². The number of hydrogen-bond donors (Lipinski definition) is 1. The Labute approximate surface area is 124 Å². The Balaban J connectivity index is 1.73. The Morgan fingerprint density at radius 3 is 2.38 bits per heavy atom. The van der Waals surface area contributed by atoms with Crippen LogP contribution in [0, 0.1) is 6.92 Å². The number of nitrogens with zero attached hydrogens (tertiary/aromatic N) is 5. The summed E-state index contributed by atoms with van der Waals surface area (Å²) in [6, 6.07) is 5.92. The van der Waals surface area contributed by atoms with Crippen LogP contribution < -0.4 is 15.5 Å². The Hall–Kier alpha value is -2.21. The third-order valence-corrected chi connectivity index (χ3v) is 3.73. The fourth-order valence-corrected chi connectivity index (χ4v) is 2.58. The SMILES string of the molecule is Cc1ccc(CN)c(N2CCN(c3ncccn3)CC2)n1. The monoisotopic (exact) mass is 284 g/mol. The van der Waals surface area contributed by atoms with Crippen molar-refractivity contribution in [2.24, 2.45) is 5.73 Å². The Bertz CT molecular complexity index is 592. The highest BCUT2D eigenvalue weighted by atomic mass is 15.3. The highest BCUT2D eigenvalue weighted by Gasteiger charge is 2.21. The second kappa shape index (κ2) is 6.05. The molecule has 0 aromatic carbocycles. The molecule has 6 nitrogen and oxygen atoms in total. The second-order valence-corrected chi connectivity index (χ2v) is 5.16. The van der Waals surface area contributed by atoms with Crippen LogP contribution in [0.1, 0.15) is 11.3 Å². The zero-order valence-corrected chi connectivity index (χ0v) is 12.2. The van der Waals surface area contributed by atoms with Crippen LogP contribution in [0.3, 0.4) is 0 Å². The molecule has 110 valence electrons. The highest BCUT2D eigenvalue weighted by molar-refractivity contribution is 5.49. The van der Waals surface area contributed by atoms with Gasteiger partial charge >= 0.3 is 0 Å². The van der Waals surface area contributed by atoms with Crippen molar-refractivity contribution >= 4 is 11.8 Å². The van der Waals surface area contributed by atoms with Crippen molar-refractivity contribution in [1.82, 2.24) is 15.0 Å². The number of rotatable bonds is 3. The van der Waals surface area contributed by atoms with Gasteiger partial charge in [-0.05, 0) is 19.1 Å². The van der Waals surface area contributed by atoms with Gasteiger partial charge in [-0.15, -0.1) is 0 Å². The van der Waals surface area contributed by atoms with Crippen molar-refractivity contribution in [3.05, 3.63) is 41.9 Å². The number of aromatic nitrogens is 3. The van der Waals surface area contributed by atoms with Gasteiger partial charge in [-0.1, -0.05) is 6.07 Å². The first kappa shape index (κ1) is 13.8. The van der Waals surface area contributed by atoms with Crippen LogP contribution in [-0.2, 0) is 6.54 Å². The van der Waals surface area contributed by atoms with Crippen molar-refractivity contribution in [3.8, 4) is 0 Å². The summed E-state index contributed by atoms with van der Waals surface area (Å²) in [5, 5.41) is 0. The number of anilines is 2. The number of nitrogens with two attached hydrogens (primary N) is 1. The molecule has 1 aliphatic heterocycles. The van der Waals surface area contributed by atoms with E-state index in [-0.39, 0.29) is 0 Å². The lowest BCUT2D eigenvalue weighted by Gasteiger charge is -2.36. The normalized spacial score (nSPS) is 15.3. The molecule has 0 amide bonds. The minimum Gasteiger partial charge on any atom is -0.353 e. The van der Waals surface area contributed by atoms with Crippen LogP contribution in [0.5, 0.6) is 0 Å². The molecule has 0 unspecified atom stereocenters. The number of hydrogen-bond acceptors (Lipinski definition) is 6. The lowest BCUT2D eigenvalue weighted by Crippen LogP contribution is -2.47. The first-order valence-electron chi connectivity index (χ1n) is 7.21. The Morgan fingerprint density at radius 2 is 1.71 bits per heavy atom. The first-order valence-corrected chi connectivity index (χ1v) is 7.21. The molecule has 2 aromatic rings. The average Bonchev–Trinajstić information content (AvgIpc) is 2.56. The van der Waals surface area contributed by atoms with Crippen molar-refractivity contribution in [2.75, 3.05) is 36.0 Å². The fraction of sp³-hybridized carbons (Fsp3) is 0.400. The van der Waals surface area contributed by atoms with E-state index in [0.29, 0.717) is 6.54 Å². The smallest absolute Gasteiger partial charge is 0.225 e. The highest BCUT2D eigenvalue weighted by Crippen LogP contribution is 2.20. The summed E-state index contributed by atoms with van der Waals surface area (Å²) in [7, 11) is 0. The van der Waals surface area contributed by atoms with Crippen LogP contribution in [0.2, 0.25) is 0 Å². The zero-order chi connectivity index (χ0) is 14.7. The van der Waals surface area contributed by atoms with Crippen LogP contribution in [-0.4, -0.2) is 41.1 Å². The molecule has 0 spiro atoms. The lowest BCUT2D eigenvalue weighted by molar-refractivity contribution is 0.631. The van der Waals surface area contributed by atoms with Gasteiger partial charge in [0.25, 0.3) is 0 Å². The molecular weight excluding hydrogens is 264 g/mol. The van der Waals surface area contributed by atoms with E-state index < -0.39 is 0 Å². The number of piperazine rings is 1. The van der Waals surface area contributed by atoms with Crippen molar-refractivity contribution in [3.63, 3.8) is 0 Å². The van der Waals surface area contributed by atoms with Gasteiger partial charge in [0.15, 0.2) is 0 Å². The van der Waals surface area contributed by atoms with Crippen molar-refractivity contribution in [2.45, 2.75) is 13.5 Å². The minimum absolute atomic E-state index is 0.518. The molecule has 1 aliphatic rings. The van der Waals surface area contributed by atoms with Gasteiger partial charge in [-0.2, -0.15) is 0 Å². The van der Waals surface area contributed by atoms with E-state index in [2.05, 4.69) is 30.8 Å². The molecular formula is C15H20N6. The third kappa shape index (κ3) is 2.95. The maximum Gasteiger partial charge on any atom is 0.225 e. The molecule has 1 saturated heterocycles. The van der Waals surface area contributed by atoms with E-state index in [1.54, 1.807) is 12.4 Å². The molecule has 1 fully saturated rings. The van der Waals surface area contributed by atoms with Crippen LogP contribution in [0.15, 0.2) is 30.6 Å². The average molecular weight is 284 g/mol. The molecule has 3 rings (SSSR count). The molecule has 21 heavy (non-hydrogen) atoms. The topological polar surface area (TPSA) is 71.2 Å². The quantitative estimate of drug-likeness (QED) is 0.905. The van der Waals surface area contributed by atoms with E-state index in [1.165, 1.54) is 0 Å². The van der Waals surface area contributed by atoms with Crippen LogP contribution >= 0.6 is 0 Å². The molecule has 0 bridgehead atoms. The fourth-order valence-electron chi connectivity index (χ4n) is 2.58. The first-order chi connectivity index (χ1) is 10.3. The van der Waals surface area contributed by atoms with E-state index in [0.717, 1.165) is 49.2 Å². The molecule has 0 radical (unpaired) electrons. The van der Waals surface area contributed by atoms with E-state index in [1.807, 2.05) is 19.1 Å². The lowest BCUT2D eigenvalue weighted by atomic mass is 10.2. The minimum atomic E-state index is 0.518. The number of pyridine rings is 1. The molecule has 2 N–H and O–H groups in total. The van der Waals surface area contributed by atoms with Gasteiger partial charge in [0.1, 0.15) is 5.82 Å². The second-order valence-electron chi connectivity index (χ2n) is 5.16. The standard InChI is InChI=1S/C15H20N6/c1-12-3-4-13(11-16)14(19-12)20-7-9-21(10-8-20)15-17-5-2-6-18-15/h2-6H,7-11,16H2,1H3. The maximum atomic E-state index is 5.83. The van der Waals surface area contributed by atoms with Gasteiger partial charge in [0, 0.05) is 56.4 Å². The predicted octanol–water partition coefficient (Wildman–Crippen LogP) is 0.965. The molecule has 3 heterocycles. The summed E-state index contributed by atoms with van der Waals surface area (Å²) in [5.41, 5.74) is 7.95. The third-order valence-electron chi connectivity index (χ3n) is 3.73. The van der Waals surface area contributed by atoms with Gasteiger partial charge < -0.3 is 15.5 Å². The molecule has 0 saturated carbocycles. The zero-order valence-electron chi connectivity index (χ0n) is 12.2.